The number of benzene rings is 2. The van der Waals surface area contributed by atoms with Gasteiger partial charge in [0.05, 0.1) is 11.1 Å². The SMILES string of the molecule is O=C(OC[C@H]1O[C@](O)(COC(=O)c2cc(O)c(O)c(O)c2)[C@H](O)[C@@H](O)[C@@H]1O)c1cc(O)c(O)c(O)c1. The van der Waals surface area contributed by atoms with Crippen LogP contribution in [-0.4, -0.2) is 106 Å². The average molecular weight is 514 g/mol. The first kappa shape index (κ1) is 26.6. The molecule has 0 aliphatic carbocycles. The first-order chi connectivity index (χ1) is 16.7. The fraction of sp³-hybridized carbons (Fsp3) is 0.333. The zero-order valence-corrected chi connectivity index (χ0v) is 18.0. The standard InChI is InChI=1S/C21H22O15/c22-9-1-7(2-10(23)14(9)26)19(31)34-5-13-16(28)17(29)18(30)21(33,36-13)6-35-20(32)8-3-11(24)15(27)12(25)4-8/h1-4,13,16-18,22-30,33H,5-6H2/t13-,16-,17+,18-,21-/m1/s1. The molecule has 15 heteroatoms. The molecule has 0 saturated carbocycles. The van der Waals surface area contributed by atoms with Crippen LogP contribution in [0.3, 0.4) is 0 Å². The summed E-state index contributed by atoms with van der Waals surface area (Å²) in [6.07, 6.45) is -7.89. The van der Waals surface area contributed by atoms with Crippen molar-refractivity contribution in [3.63, 3.8) is 0 Å². The Labute approximate surface area is 200 Å². The molecule has 0 spiro atoms. The number of hydrogen-bond acceptors (Lipinski definition) is 15. The van der Waals surface area contributed by atoms with Crippen molar-refractivity contribution in [2.45, 2.75) is 30.2 Å². The highest BCUT2D eigenvalue weighted by molar-refractivity contribution is 5.91. The number of phenolic OH excluding ortho intramolecular Hbond substituents is 6. The van der Waals surface area contributed by atoms with E-state index in [1.54, 1.807) is 0 Å². The lowest BCUT2D eigenvalue weighted by molar-refractivity contribution is -0.357. The molecule has 5 atom stereocenters. The van der Waals surface area contributed by atoms with E-state index in [4.69, 9.17) is 14.2 Å². The Kier molecular flexibility index (Phi) is 7.33. The van der Waals surface area contributed by atoms with E-state index in [1.165, 1.54) is 0 Å². The van der Waals surface area contributed by atoms with E-state index in [2.05, 4.69) is 0 Å². The zero-order chi connectivity index (χ0) is 26.9. The predicted molar refractivity (Wildman–Crippen MR) is 111 cm³/mol. The Hall–Kier alpha value is -4.02. The van der Waals surface area contributed by atoms with Crippen LogP contribution in [0.1, 0.15) is 20.7 Å². The second-order valence-electron chi connectivity index (χ2n) is 7.83. The van der Waals surface area contributed by atoms with E-state index >= 15 is 0 Å². The van der Waals surface area contributed by atoms with Crippen LogP contribution < -0.4 is 0 Å². The van der Waals surface area contributed by atoms with Crippen molar-refractivity contribution in [3.8, 4) is 34.5 Å². The fourth-order valence-corrected chi connectivity index (χ4v) is 3.26. The van der Waals surface area contributed by atoms with E-state index < -0.39 is 101 Å². The number of hydrogen-bond donors (Lipinski definition) is 10. The topological polar surface area (TPSA) is 264 Å². The quantitative estimate of drug-likeness (QED) is 0.149. The van der Waals surface area contributed by atoms with Gasteiger partial charge in [0, 0.05) is 0 Å². The number of phenols is 6. The predicted octanol–water partition coefficient (Wildman–Crippen LogP) is -1.90. The molecule has 0 unspecified atom stereocenters. The number of aliphatic hydroxyl groups is 4. The number of carbonyl (C=O) groups is 2. The average Bonchev–Trinajstić information content (AvgIpc) is 2.83. The maximum atomic E-state index is 12.2. The van der Waals surface area contributed by atoms with Crippen molar-refractivity contribution >= 4 is 11.9 Å². The molecule has 1 heterocycles. The van der Waals surface area contributed by atoms with Gasteiger partial charge in [-0.2, -0.15) is 0 Å². The summed E-state index contributed by atoms with van der Waals surface area (Å²) < 4.78 is 14.8. The van der Waals surface area contributed by atoms with Gasteiger partial charge < -0.3 is 65.3 Å². The molecule has 2 aromatic carbocycles. The summed E-state index contributed by atoms with van der Waals surface area (Å²) in [4.78, 5) is 24.4. The Morgan fingerprint density at radius 2 is 1.17 bits per heavy atom. The molecule has 0 amide bonds. The molecule has 3 rings (SSSR count). The van der Waals surface area contributed by atoms with E-state index in [1.807, 2.05) is 0 Å². The molecule has 2 aromatic rings. The van der Waals surface area contributed by atoms with Crippen molar-refractivity contribution in [2.75, 3.05) is 13.2 Å². The Morgan fingerprint density at radius 3 is 1.61 bits per heavy atom. The van der Waals surface area contributed by atoms with Crippen molar-refractivity contribution in [1.29, 1.82) is 0 Å². The van der Waals surface area contributed by atoms with Crippen LogP contribution in [-0.2, 0) is 14.2 Å². The summed E-state index contributed by atoms with van der Waals surface area (Å²) in [5, 5.41) is 97.7. The van der Waals surface area contributed by atoms with Crippen LogP contribution >= 0.6 is 0 Å². The van der Waals surface area contributed by atoms with E-state index in [0.29, 0.717) is 0 Å². The van der Waals surface area contributed by atoms with Crippen LogP contribution in [0.2, 0.25) is 0 Å². The van der Waals surface area contributed by atoms with Gasteiger partial charge in [-0.3, -0.25) is 0 Å². The molecule has 0 radical (unpaired) electrons. The highest BCUT2D eigenvalue weighted by atomic mass is 16.7. The van der Waals surface area contributed by atoms with E-state index in [0.717, 1.165) is 24.3 Å². The van der Waals surface area contributed by atoms with Crippen molar-refractivity contribution in [2.24, 2.45) is 0 Å². The number of aromatic hydroxyl groups is 6. The fourth-order valence-electron chi connectivity index (χ4n) is 3.26. The number of ether oxygens (including phenoxy) is 3. The van der Waals surface area contributed by atoms with Gasteiger partial charge in [0.15, 0.2) is 34.5 Å². The minimum atomic E-state index is -2.83. The van der Waals surface area contributed by atoms with Gasteiger partial charge >= 0.3 is 11.9 Å². The summed E-state index contributed by atoms with van der Waals surface area (Å²) in [6.45, 7) is -1.99. The van der Waals surface area contributed by atoms with Gasteiger partial charge in [-0.15, -0.1) is 0 Å². The zero-order valence-electron chi connectivity index (χ0n) is 18.0. The number of esters is 2. The van der Waals surface area contributed by atoms with Gasteiger partial charge in [-0.05, 0) is 24.3 Å². The summed E-state index contributed by atoms with van der Waals surface area (Å²) >= 11 is 0. The highest BCUT2D eigenvalue weighted by Crippen LogP contribution is 2.37. The maximum absolute atomic E-state index is 12.2. The minimum absolute atomic E-state index is 0.418. The van der Waals surface area contributed by atoms with Crippen molar-refractivity contribution < 1.29 is 74.9 Å². The van der Waals surface area contributed by atoms with E-state index in [-0.39, 0.29) is 0 Å². The van der Waals surface area contributed by atoms with Gasteiger partial charge in [-0.1, -0.05) is 0 Å². The smallest absolute Gasteiger partial charge is 0.338 e. The van der Waals surface area contributed by atoms with Gasteiger partial charge in [0.1, 0.15) is 37.6 Å². The molecule has 196 valence electrons. The number of rotatable bonds is 6. The summed E-state index contributed by atoms with van der Waals surface area (Å²) in [6, 6.07) is 3.00. The lowest BCUT2D eigenvalue weighted by Crippen LogP contribution is -2.67. The van der Waals surface area contributed by atoms with Gasteiger partial charge in [-0.25, -0.2) is 9.59 Å². The summed E-state index contributed by atoms with van der Waals surface area (Å²) in [7, 11) is 0. The van der Waals surface area contributed by atoms with E-state index in [9.17, 15) is 60.7 Å². The molecule has 0 bridgehead atoms. The number of carbonyl (C=O) groups excluding carboxylic acids is 2. The molecule has 1 aliphatic rings. The first-order valence-corrected chi connectivity index (χ1v) is 10.0. The van der Waals surface area contributed by atoms with Crippen LogP contribution in [0, 0.1) is 0 Å². The molecule has 0 aromatic heterocycles. The molecular weight excluding hydrogens is 492 g/mol. The molecular formula is C21H22O15. The lowest BCUT2D eigenvalue weighted by Gasteiger charge is -2.44. The third kappa shape index (κ3) is 5.14. The van der Waals surface area contributed by atoms with Crippen LogP contribution in [0.4, 0.5) is 0 Å². The Balaban J connectivity index is 1.69. The maximum Gasteiger partial charge on any atom is 0.338 e. The molecule has 1 aliphatic heterocycles. The summed E-state index contributed by atoms with van der Waals surface area (Å²) in [5.41, 5.74) is -0.888. The Bertz CT molecular complexity index is 1120. The van der Waals surface area contributed by atoms with Gasteiger partial charge in [0.25, 0.3) is 0 Å². The van der Waals surface area contributed by atoms with Gasteiger partial charge in [0.2, 0.25) is 5.79 Å². The highest BCUT2D eigenvalue weighted by Gasteiger charge is 2.54. The summed E-state index contributed by atoms with van der Waals surface area (Å²) in [5.74, 6) is -10.4. The molecule has 15 nitrogen and oxygen atoms in total. The molecule has 1 fully saturated rings. The van der Waals surface area contributed by atoms with Crippen LogP contribution in [0.15, 0.2) is 24.3 Å². The largest absolute Gasteiger partial charge is 0.504 e. The third-order valence-electron chi connectivity index (χ3n) is 5.27. The molecule has 1 saturated heterocycles. The molecule has 10 N–H and O–H groups in total. The second kappa shape index (κ2) is 9.92. The van der Waals surface area contributed by atoms with Crippen LogP contribution in [0.25, 0.3) is 0 Å². The third-order valence-corrected chi connectivity index (χ3v) is 5.27. The van der Waals surface area contributed by atoms with Crippen molar-refractivity contribution in [3.05, 3.63) is 35.4 Å². The number of aliphatic hydroxyl groups excluding tert-OH is 3. The normalized spacial score (nSPS) is 25.8. The van der Waals surface area contributed by atoms with Crippen molar-refractivity contribution in [1.82, 2.24) is 0 Å². The molecule has 36 heavy (non-hydrogen) atoms. The first-order valence-electron chi connectivity index (χ1n) is 10.0. The Morgan fingerprint density at radius 1 is 0.750 bits per heavy atom. The second-order valence-corrected chi connectivity index (χ2v) is 7.83. The minimum Gasteiger partial charge on any atom is -0.504 e. The monoisotopic (exact) mass is 514 g/mol. The van der Waals surface area contributed by atoms with Crippen LogP contribution in [0.5, 0.6) is 34.5 Å². The lowest BCUT2D eigenvalue weighted by atomic mass is 9.93.